The van der Waals surface area contributed by atoms with Gasteiger partial charge >= 0.3 is 6.09 Å². The SMILES string of the molecule is CC(C)(C)OC(=O)N1CCN(c2ncnc3cnc(OCc4ccccc4)cc23)CC1. The van der Waals surface area contributed by atoms with E-state index >= 15 is 0 Å². The molecule has 1 aliphatic heterocycles. The van der Waals surface area contributed by atoms with Crippen LogP contribution in [-0.4, -0.2) is 57.7 Å². The van der Waals surface area contributed by atoms with Crippen molar-refractivity contribution in [3.8, 4) is 5.88 Å². The molecule has 0 saturated carbocycles. The summed E-state index contributed by atoms with van der Waals surface area (Å²) in [6.07, 6.45) is 2.97. The molecule has 0 N–H and O–H groups in total. The van der Waals surface area contributed by atoms with Gasteiger partial charge in [0.1, 0.15) is 24.4 Å². The Balaban J connectivity index is 1.47. The number of nitrogens with zero attached hydrogens (tertiary/aromatic N) is 5. The Labute approximate surface area is 181 Å². The highest BCUT2D eigenvalue weighted by atomic mass is 16.6. The number of amides is 1. The van der Waals surface area contributed by atoms with E-state index < -0.39 is 5.60 Å². The predicted octanol–water partition coefficient (Wildman–Crippen LogP) is 3.66. The van der Waals surface area contributed by atoms with Crippen LogP contribution in [0.4, 0.5) is 10.6 Å². The fourth-order valence-electron chi connectivity index (χ4n) is 3.42. The predicted molar refractivity (Wildman–Crippen MR) is 118 cm³/mol. The molecule has 0 atom stereocenters. The Morgan fingerprint density at radius 1 is 1.03 bits per heavy atom. The molecule has 162 valence electrons. The average molecular weight is 422 g/mol. The van der Waals surface area contributed by atoms with E-state index in [-0.39, 0.29) is 6.09 Å². The van der Waals surface area contributed by atoms with Crippen LogP contribution >= 0.6 is 0 Å². The minimum absolute atomic E-state index is 0.277. The third-order valence-electron chi connectivity index (χ3n) is 4.94. The molecule has 3 aromatic rings. The van der Waals surface area contributed by atoms with Gasteiger partial charge in [0.15, 0.2) is 0 Å². The van der Waals surface area contributed by atoms with Gasteiger partial charge in [-0.3, -0.25) is 0 Å². The van der Waals surface area contributed by atoms with Crippen molar-refractivity contribution in [2.75, 3.05) is 31.1 Å². The van der Waals surface area contributed by atoms with E-state index in [0.29, 0.717) is 38.7 Å². The second-order valence-corrected chi connectivity index (χ2v) is 8.47. The fourth-order valence-corrected chi connectivity index (χ4v) is 3.42. The molecule has 8 heteroatoms. The zero-order chi connectivity index (χ0) is 21.8. The molecule has 0 radical (unpaired) electrons. The maximum absolute atomic E-state index is 12.3. The summed E-state index contributed by atoms with van der Waals surface area (Å²) < 4.78 is 11.4. The molecular weight excluding hydrogens is 394 g/mol. The Morgan fingerprint density at radius 3 is 2.48 bits per heavy atom. The second kappa shape index (κ2) is 8.75. The molecule has 0 unspecified atom stereocenters. The van der Waals surface area contributed by atoms with Gasteiger partial charge in [0.2, 0.25) is 5.88 Å². The van der Waals surface area contributed by atoms with Crippen LogP contribution in [0, 0.1) is 0 Å². The maximum atomic E-state index is 12.3. The number of pyridine rings is 1. The van der Waals surface area contributed by atoms with Crippen molar-refractivity contribution in [1.82, 2.24) is 19.9 Å². The Morgan fingerprint density at radius 2 is 1.77 bits per heavy atom. The second-order valence-electron chi connectivity index (χ2n) is 8.47. The zero-order valence-electron chi connectivity index (χ0n) is 18.1. The molecule has 1 amide bonds. The molecule has 0 aliphatic carbocycles. The minimum Gasteiger partial charge on any atom is -0.473 e. The van der Waals surface area contributed by atoms with Crippen LogP contribution in [0.1, 0.15) is 26.3 Å². The summed E-state index contributed by atoms with van der Waals surface area (Å²) >= 11 is 0. The van der Waals surface area contributed by atoms with E-state index in [4.69, 9.17) is 9.47 Å². The van der Waals surface area contributed by atoms with Crippen LogP contribution in [0.2, 0.25) is 0 Å². The van der Waals surface area contributed by atoms with Crippen molar-refractivity contribution in [2.24, 2.45) is 0 Å². The lowest BCUT2D eigenvalue weighted by atomic mass is 10.2. The van der Waals surface area contributed by atoms with Gasteiger partial charge in [0, 0.05) is 37.6 Å². The van der Waals surface area contributed by atoms with Gasteiger partial charge in [-0.25, -0.2) is 19.7 Å². The number of hydrogen-bond acceptors (Lipinski definition) is 7. The number of rotatable bonds is 4. The molecule has 1 aromatic carbocycles. The monoisotopic (exact) mass is 421 g/mol. The van der Waals surface area contributed by atoms with Crippen LogP contribution in [0.5, 0.6) is 5.88 Å². The van der Waals surface area contributed by atoms with Crippen LogP contribution in [0.3, 0.4) is 0 Å². The van der Waals surface area contributed by atoms with Crippen molar-refractivity contribution < 1.29 is 14.3 Å². The quantitative estimate of drug-likeness (QED) is 0.636. The first-order chi connectivity index (χ1) is 14.9. The summed E-state index contributed by atoms with van der Waals surface area (Å²) in [7, 11) is 0. The summed E-state index contributed by atoms with van der Waals surface area (Å²) in [5.74, 6) is 1.35. The largest absolute Gasteiger partial charge is 0.473 e. The highest BCUT2D eigenvalue weighted by molar-refractivity contribution is 5.89. The molecule has 1 fully saturated rings. The number of anilines is 1. The Hall–Kier alpha value is -3.42. The van der Waals surface area contributed by atoms with Gasteiger partial charge in [0.05, 0.1) is 11.7 Å². The van der Waals surface area contributed by atoms with Crippen molar-refractivity contribution in [2.45, 2.75) is 33.0 Å². The van der Waals surface area contributed by atoms with Crippen LogP contribution in [0.25, 0.3) is 10.9 Å². The highest BCUT2D eigenvalue weighted by Gasteiger charge is 2.27. The summed E-state index contributed by atoms with van der Waals surface area (Å²) in [6, 6.07) is 11.8. The van der Waals surface area contributed by atoms with Gasteiger partial charge in [-0.15, -0.1) is 0 Å². The highest BCUT2D eigenvalue weighted by Crippen LogP contribution is 2.27. The van der Waals surface area contributed by atoms with Crippen LogP contribution in [-0.2, 0) is 11.3 Å². The van der Waals surface area contributed by atoms with Crippen molar-refractivity contribution in [3.05, 3.63) is 54.5 Å². The lowest BCUT2D eigenvalue weighted by molar-refractivity contribution is 0.0240. The maximum Gasteiger partial charge on any atom is 0.410 e. The van der Waals surface area contributed by atoms with E-state index in [2.05, 4.69) is 19.9 Å². The molecule has 0 spiro atoms. The Bertz CT molecular complexity index is 1040. The molecule has 1 saturated heterocycles. The lowest BCUT2D eigenvalue weighted by Crippen LogP contribution is -2.50. The smallest absolute Gasteiger partial charge is 0.410 e. The van der Waals surface area contributed by atoms with Gasteiger partial charge in [-0.1, -0.05) is 30.3 Å². The van der Waals surface area contributed by atoms with Gasteiger partial charge in [-0.05, 0) is 26.3 Å². The van der Waals surface area contributed by atoms with Crippen molar-refractivity contribution in [3.63, 3.8) is 0 Å². The van der Waals surface area contributed by atoms with Gasteiger partial charge in [0.25, 0.3) is 0 Å². The van der Waals surface area contributed by atoms with E-state index in [9.17, 15) is 4.79 Å². The number of aromatic nitrogens is 3. The molecule has 3 heterocycles. The first-order valence-electron chi connectivity index (χ1n) is 10.4. The van der Waals surface area contributed by atoms with E-state index in [1.807, 2.05) is 57.2 Å². The fraction of sp³-hybridized carbons (Fsp3) is 0.391. The van der Waals surface area contributed by atoms with E-state index in [1.165, 1.54) is 0 Å². The molecule has 31 heavy (non-hydrogen) atoms. The third kappa shape index (κ3) is 5.20. The normalized spacial score (nSPS) is 14.5. The standard InChI is InChI=1S/C23H27N5O3/c1-23(2,3)31-22(29)28-11-9-27(10-12-28)21-18-13-20(24-14-19(18)25-16-26-21)30-15-17-7-5-4-6-8-17/h4-8,13-14,16H,9-12,15H2,1-3H3. The summed E-state index contributed by atoms with van der Waals surface area (Å²) in [6.45, 7) is 8.53. The average Bonchev–Trinajstić information content (AvgIpc) is 2.77. The summed E-state index contributed by atoms with van der Waals surface area (Å²) in [4.78, 5) is 29.5. The number of benzene rings is 1. The third-order valence-corrected chi connectivity index (χ3v) is 4.94. The molecule has 4 rings (SSSR count). The number of piperazine rings is 1. The van der Waals surface area contributed by atoms with Crippen LogP contribution < -0.4 is 9.64 Å². The first kappa shape index (κ1) is 20.8. The first-order valence-corrected chi connectivity index (χ1v) is 10.4. The topological polar surface area (TPSA) is 80.7 Å². The van der Waals surface area contributed by atoms with Gasteiger partial charge < -0.3 is 19.3 Å². The number of carbonyl (C=O) groups is 1. The number of fused-ring (bicyclic) bond motifs is 1. The van der Waals surface area contributed by atoms with Crippen LogP contribution in [0.15, 0.2) is 48.9 Å². The molecule has 0 bridgehead atoms. The minimum atomic E-state index is -0.500. The summed E-state index contributed by atoms with van der Waals surface area (Å²) in [5.41, 5.74) is 1.33. The number of hydrogen-bond donors (Lipinski definition) is 0. The molecule has 8 nitrogen and oxygen atoms in total. The number of ether oxygens (including phenoxy) is 2. The van der Waals surface area contributed by atoms with Gasteiger partial charge in [-0.2, -0.15) is 0 Å². The molecule has 2 aromatic heterocycles. The van der Waals surface area contributed by atoms with E-state index in [1.54, 1.807) is 17.4 Å². The zero-order valence-corrected chi connectivity index (χ0v) is 18.1. The Kier molecular flexibility index (Phi) is 5.88. The summed E-state index contributed by atoms with van der Waals surface area (Å²) in [5, 5.41) is 0.881. The molecule has 1 aliphatic rings. The van der Waals surface area contributed by atoms with E-state index in [0.717, 1.165) is 22.3 Å². The number of carbonyl (C=O) groups excluding carboxylic acids is 1. The van der Waals surface area contributed by atoms with Crippen molar-refractivity contribution >= 4 is 22.8 Å². The lowest BCUT2D eigenvalue weighted by Gasteiger charge is -2.36. The molecular formula is C23H27N5O3. The van der Waals surface area contributed by atoms with Crippen molar-refractivity contribution in [1.29, 1.82) is 0 Å².